The summed E-state index contributed by atoms with van der Waals surface area (Å²) in [5.74, 6) is 1.60. The predicted octanol–water partition coefficient (Wildman–Crippen LogP) is 2.18. The van der Waals surface area contributed by atoms with Crippen LogP contribution >= 0.6 is 24.0 Å². The summed E-state index contributed by atoms with van der Waals surface area (Å²) in [4.78, 5) is 4.12. The molecule has 0 saturated carbocycles. The highest BCUT2D eigenvalue weighted by Gasteiger charge is 1.98. The first-order chi connectivity index (χ1) is 9.80. The summed E-state index contributed by atoms with van der Waals surface area (Å²) in [6.07, 6.45) is 1.79. The van der Waals surface area contributed by atoms with Gasteiger partial charge < -0.3 is 20.1 Å². The third-order valence-corrected chi connectivity index (χ3v) is 2.58. The number of guanidine groups is 1. The van der Waals surface area contributed by atoms with E-state index in [1.54, 1.807) is 20.2 Å². The maximum absolute atomic E-state index is 5.51. The van der Waals surface area contributed by atoms with Crippen molar-refractivity contribution in [3.63, 3.8) is 0 Å². The van der Waals surface area contributed by atoms with Crippen molar-refractivity contribution in [2.45, 2.75) is 6.54 Å². The number of benzene rings is 1. The van der Waals surface area contributed by atoms with Crippen LogP contribution in [0.4, 0.5) is 0 Å². The van der Waals surface area contributed by atoms with Crippen LogP contribution in [0.2, 0.25) is 0 Å². The number of aliphatic imine (C=N–C) groups is 1. The van der Waals surface area contributed by atoms with Crippen molar-refractivity contribution in [3.05, 3.63) is 42.5 Å². The number of halogens is 1. The predicted molar refractivity (Wildman–Crippen MR) is 97.6 cm³/mol. The van der Waals surface area contributed by atoms with Crippen LogP contribution in [0.25, 0.3) is 0 Å². The van der Waals surface area contributed by atoms with E-state index in [2.05, 4.69) is 22.2 Å². The molecule has 5 nitrogen and oxygen atoms in total. The number of rotatable bonds is 8. The minimum absolute atomic E-state index is 0. The molecule has 0 aromatic heterocycles. The quantitative estimate of drug-likeness (QED) is 0.229. The summed E-state index contributed by atoms with van der Waals surface area (Å²) in [5, 5.41) is 6.34. The number of nitrogens with zero attached hydrogens (tertiary/aromatic N) is 1. The van der Waals surface area contributed by atoms with Gasteiger partial charge in [0.25, 0.3) is 0 Å². The highest BCUT2D eigenvalue weighted by atomic mass is 127. The number of nitrogens with one attached hydrogen (secondary N) is 2. The number of hydrogen-bond acceptors (Lipinski definition) is 3. The molecule has 1 aromatic carbocycles. The molecule has 0 bridgehead atoms. The van der Waals surface area contributed by atoms with Gasteiger partial charge in [0.15, 0.2) is 5.96 Å². The molecule has 0 radical (unpaired) electrons. The molecule has 2 N–H and O–H groups in total. The summed E-state index contributed by atoms with van der Waals surface area (Å²) >= 11 is 0. The van der Waals surface area contributed by atoms with Crippen LogP contribution in [0, 0.1) is 0 Å². The zero-order valence-corrected chi connectivity index (χ0v) is 14.9. The molecule has 0 amide bonds. The first-order valence-electron chi connectivity index (χ1n) is 6.56. The SMILES string of the molecule is C=CCNC(=NC)NCc1ccc(OCCOC)cc1.I. The summed E-state index contributed by atoms with van der Waals surface area (Å²) in [6.45, 7) is 6.20. The van der Waals surface area contributed by atoms with Crippen molar-refractivity contribution in [1.29, 1.82) is 0 Å². The molecule has 0 atom stereocenters. The molecule has 1 rings (SSSR count). The minimum Gasteiger partial charge on any atom is -0.491 e. The Balaban J connectivity index is 0.00000400. The molecule has 1 aromatic rings. The highest BCUT2D eigenvalue weighted by Crippen LogP contribution is 2.11. The standard InChI is InChI=1S/C15H23N3O2.HI/c1-4-9-17-15(16-2)18-12-13-5-7-14(8-6-13)20-11-10-19-3;/h4-8H,1,9-12H2,2-3H3,(H2,16,17,18);1H. The Kier molecular flexibility index (Phi) is 11.7. The van der Waals surface area contributed by atoms with Gasteiger partial charge in [-0.2, -0.15) is 0 Å². The van der Waals surface area contributed by atoms with E-state index in [-0.39, 0.29) is 24.0 Å². The number of hydrogen-bond donors (Lipinski definition) is 2. The molecule has 118 valence electrons. The summed E-state index contributed by atoms with van der Waals surface area (Å²) in [5.41, 5.74) is 1.16. The van der Waals surface area contributed by atoms with E-state index in [4.69, 9.17) is 9.47 Å². The molecule has 0 spiro atoms. The van der Waals surface area contributed by atoms with Gasteiger partial charge in [-0.25, -0.2) is 0 Å². The Labute approximate surface area is 143 Å². The molecule has 0 aliphatic carbocycles. The lowest BCUT2D eigenvalue weighted by Crippen LogP contribution is -2.36. The molecule has 0 unspecified atom stereocenters. The summed E-state index contributed by atoms with van der Waals surface area (Å²) < 4.78 is 10.4. The van der Waals surface area contributed by atoms with Gasteiger partial charge in [-0.05, 0) is 17.7 Å². The van der Waals surface area contributed by atoms with Gasteiger partial charge in [0, 0.05) is 27.2 Å². The van der Waals surface area contributed by atoms with E-state index >= 15 is 0 Å². The van der Waals surface area contributed by atoms with Crippen LogP contribution in [0.5, 0.6) is 5.75 Å². The van der Waals surface area contributed by atoms with E-state index in [1.165, 1.54) is 0 Å². The molecular weight excluding hydrogens is 381 g/mol. The molecule has 0 heterocycles. The molecule has 0 aliphatic heterocycles. The zero-order chi connectivity index (χ0) is 14.6. The first-order valence-corrected chi connectivity index (χ1v) is 6.56. The number of ether oxygens (including phenoxy) is 2. The third kappa shape index (κ3) is 8.56. The van der Waals surface area contributed by atoms with Crippen LogP contribution in [-0.2, 0) is 11.3 Å². The van der Waals surface area contributed by atoms with Crippen LogP contribution in [-0.4, -0.2) is 39.9 Å². The second kappa shape index (κ2) is 12.5. The lowest BCUT2D eigenvalue weighted by atomic mass is 10.2. The normalized spacial score (nSPS) is 10.5. The fourth-order valence-electron chi connectivity index (χ4n) is 1.52. The van der Waals surface area contributed by atoms with Crippen molar-refractivity contribution >= 4 is 29.9 Å². The minimum atomic E-state index is 0. The van der Waals surface area contributed by atoms with Crippen LogP contribution in [0.3, 0.4) is 0 Å². The van der Waals surface area contributed by atoms with Crippen molar-refractivity contribution in [2.24, 2.45) is 4.99 Å². The third-order valence-electron chi connectivity index (χ3n) is 2.58. The molecular formula is C15H24IN3O2. The van der Waals surface area contributed by atoms with Gasteiger partial charge in [0.05, 0.1) is 6.61 Å². The Hall–Kier alpha value is -1.28. The molecule has 6 heteroatoms. The van der Waals surface area contributed by atoms with Crippen LogP contribution in [0.15, 0.2) is 41.9 Å². The van der Waals surface area contributed by atoms with Crippen LogP contribution < -0.4 is 15.4 Å². The summed E-state index contributed by atoms with van der Waals surface area (Å²) in [6, 6.07) is 7.95. The van der Waals surface area contributed by atoms with Crippen LogP contribution in [0.1, 0.15) is 5.56 Å². The van der Waals surface area contributed by atoms with Gasteiger partial charge in [-0.15, -0.1) is 30.6 Å². The van der Waals surface area contributed by atoms with E-state index in [1.807, 2.05) is 24.3 Å². The van der Waals surface area contributed by atoms with E-state index in [0.717, 1.165) is 17.3 Å². The fraction of sp³-hybridized carbons (Fsp3) is 0.400. The highest BCUT2D eigenvalue weighted by molar-refractivity contribution is 14.0. The van der Waals surface area contributed by atoms with Crippen molar-refractivity contribution in [1.82, 2.24) is 10.6 Å². The van der Waals surface area contributed by atoms with E-state index < -0.39 is 0 Å². The maximum atomic E-state index is 5.51. The van der Waals surface area contributed by atoms with Gasteiger partial charge in [-0.1, -0.05) is 18.2 Å². The Bertz CT molecular complexity index is 421. The monoisotopic (exact) mass is 405 g/mol. The average molecular weight is 405 g/mol. The Morgan fingerprint density at radius 2 is 1.95 bits per heavy atom. The number of methoxy groups -OCH3 is 1. The Morgan fingerprint density at radius 1 is 1.24 bits per heavy atom. The Morgan fingerprint density at radius 3 is 2.52 bits per heavy atom. The van der Waals surface area contributed by atoms with Gasteiger partial charge in [0.1, 0.15) is 12.4 Å². The van der Waals surface area contributed by atoms with E-state index in [9.17, 15) is 0 Å². The van der Waals surface area contributed by atoms with Gasteiger partial charge >= 0.3 is 0 Å². The zero-order valence-electron chi connectivity index (χ0n) is 12.6. The molecule has 0 fully saturated rings. The molecule has 0 aliphatic rings. The molecule has 0 saturated heterocycles. The second-order valence-corrected chi connectivity index (χ2v) is 4.08. The molecule has 21 heavy (non-hydrogen) atoms. The smallest absolute Gasteiger partial charge is 0.191 e. The van der Waals surface area contributed by atoms with E-state index in [0.29, 0.717) is 26.3 Å². The lowest BCUT2D eigenvalue weighted by molar-refractivity contribution is 0.146. The second-order valence-electron chi connectivity index (χ2n) is 4.08. The van der Waals surface area contributed by atoms with Crippen molar-refractivity contribution in [2.75, 3.05) is 33.9 Å². The largest absolute Gasteiger partial charge is 0.491 e. The maximum Gasteiger partial charge on any atom is 0.191 e. The van der Waals surface area contributed by atoms with Gasteiger partial charge in [0.2, 0.25) is 0 Å². The average Bonchev–Trinajstić information content (AvgIpc) is 2.49. The topological polar surface area (TPSA) is 54.9 Å². The first kappa shape index (κ1) is 19.7. The van der Waals surface area contributed by atoms with Crippen molar-refractivity contribution in [3.8, 4) is 5.75 Å². The summed E-state index contributed by atoms with van der Waals surface area (Å²) in [7, 11) is 3.40. The fourth-order valence-corrected chi connectivity index (χ4v) is 1.52. The van der Waals surface area contributed by atoms with Gasteiger partial charge in [-0.3, -0.25) is 4.99 Å². The van der Waals surface area contributed by atoms with Crippen molar-refractivity contribution < 1.29 is 9.47 Å². The lowest BCUT2D eigenvalue weighted by Gasteiger charge is -2.11.